The van der Waals surface area contributed by atoms with Crippen LogP contribution in [0.4, 0.5) is 0 Å². The SMILES string of the molecule is CC(C)Cc1nc(C(C)(C)C)c(C(=N)N)s1. The molecule has 1 aromatic rings. The van der Waals surface area contributed by atoms with Crippen molar-refractivity contribution in [1.82, 2.24) is 4.98 Å². The summed E-state index contributed by atoms with van der Waals surface area (Å²) >= 11 is 1.56. The van der Waals surface area contributed by atoms with E-state index in [1.165, 1.54) is 0 Å². The van der Waals surface area contributed by atoms with Crippen LogP contribution in [0.15, 0.2) is 0 Å². The molecule has 0 aliphatic heterocycles. The van der Waals surface area contributed by atoms with Gasteiger partial charge in [-0.3, -0.25) is 5.41 Å². The zero-order valence-corrected chi connectivity index (χ0v) is 11.5. The second kappa shape index (κ2) is 4.53. The van der Waals surface area contributed by atoms with Crippen molar-refractivity contribution in [2.75, 3.05) is 0 Å². The molecule has 16 heavy (non-hydrogen) atoms. The van der Waals surface area contributed by atoms with Crippen molar-refractivity contribution < 1.29 is 0 Å². The molecule has 1 aromatic heterocycles. The van der Waals surface area contributed by atoms with E-state index in [1.807, 2.05) is 0 Å². The number of rotatable bonds is 3. The highest BCUT2D eigenvalue weighted by Gasteiger charge is 2.24. The summed E-state index contributed by atoms with van der Waals surface area (Å²) in [5.41, 5.74) is 6.52. The Bertz CT molecular complexity index is 385. The Morgan fingerprint density at radius 2 is 2.00 bits per heavy atom. The number of amidine groups is 1. The highest BCUT2D eigenvalue weighted by molar-refractivity contribution is 7.13. The van der Waals surface area contributed by atoms with Gasteiger partial charge in [-0.15, -0.1) is 11.3 Å². The minimum absolute atomic E-state index is 0.0489. The van der Waals surface area contributed by atoms with Crippen LogP contribution < -0.4 is 5.73 Å². The Morgan fingerprint density at radius 3 is 2.31 bits per heavy atom. The third-order valence-corrected chi connectivity index (χ3v) is 3.32. The molecule has 0 atom stereocenters. The minimum Gasteiger partial charge on any atom is -0.383 e. The van der Waals surface area contributed by atoms with Gasteiger partial charge in [0.25, 0.3) is 0 Å². The molecule has 0 aliphatic carbocycles. The lowest BCUT2D eigenvalue weighted by Gasteiger charge is -2.16. The second-order valence-corrected chi connectivity index (χ2v) is 6.63. The summed E-state index contributed by atoms with van der Waals surface area (Å²) < 4.78 is 0. The van der Waals surface area contributed by atoms with Gasteiger partial charge < -0.3 is 5.73 Å². The number of thiazole rings is 1. The first-order chi connectivity index (χ1) is 7.21. The van der Waals surface area contributed by atoms with Gasteiger partial charge in [0.05, 0.1) is 15.6 Å². The van der Waals surface area contributed by atoms with Crippen LogP contribution in [0.1, 0.15) is 50.2 Å². The lowest BCUT2D eigenvalue weighted by molar-refractivity contribution is 0.565. The van der Waals surface area contributed by atoms with Crippen molar-refractivity contribution in [3.8, 4) is 0 Å². The van der Waals surface area contributed by atoms with E-state index in [4.69, 9.17) is 11.1 Å². The summed E-state index contributed by atoms with van der Waals surface area (Å²) in [6.45, 7) is 10.7. The number of nitrogen functional groups attached to an aromatic ring is 1. The van der Waals surface area contributed by atoms with Gasteiger partial charge in [0.15, 0.2) is 0 Å². The Labute approximate surface area is 102 Å². The monoisotopic (exact) mass is 239 g/mol. The predicted octanol–water partition coefficient (Wildman–Crippen LogP) is 2.92. The van der Waals surface area contributed by atoms with Crippen LogP contribution in [0.3, 0.4) is 0 Å². The summed E-state index contributed by atoms with van der Waals surface area (Å²) in [4.78, 5) is 5.48. The molecule has 0 aromatic carbocycles. The molecule has 0 saturated carbocycles. The van der Waals surface area contributed by atoms with Gasteiger partial charge in [-0.25, -0.2) is 4.98 Å². The molecule has 1 rings (SSSR count). The van der Waals surface area contributed by atoms with Gasteiger partial charge in [-0.2, -0.15) is 0 Å². The van der Waals surface area contributed by atoms with Gasteiger partial charge in [0, 0.05) is 11.8 Å². The topological polar surface area (TPSA) is 62.8 Å². The van der Waals surface area contributed by atoms with Gasteiger partial charge >= 0.3 is 0 Å². The van der Waals surface area contributed by atoms with Crippen LogP contribution in [0.2, 0.25) is 0 Å². The molecule has 0 bridgehead atoms. The third kappa shape index (κ3) is 3.04. The molecular weight excluding hydrogens is 218 g/mol. The van der Waals surface area contributed by atoms with E-state index in [1.54, 1.807) is 11.3 Å². The highest BCUT2D eigenvalue weighted by atomic mass is 32.1. The van der Waals surface area contributed by atoms with E-state index in [2.05, 4.69) is 39.6 Å². The molecule has 0 radical (unpaired) electrons. The number of hydrogen-bond acceptors (Lipinski definition) is 3. The van der Waals surface area contributed by atoms with Crippen molar-refractivity contribution >= 4 is 17.2 Å². The smallest absolute Gasteiger partial charge is 0.135 e. The van der Waals surface area contributed by atoms with Crippen LogP contribution in [-0.4, -0.2) is 10.8 Å². The van der Waals surface area contributed by atoms with E-state index < -0.39 is 0 Å². The Morgan fingerprint density at radius 1 is 1.44 bits per heavy atom. The average molecular weight is 239 g/mol. The first-order valence-corrected chi connectivity index (χ1v) is 6.38. The van der Waals surface area contributed by atoms with Crippen LogP contribution >= 0.6 is 11.3 Å². The van der Waals surface area contributed by atoms with Crippen LogP contribution in [0.25, 0.3) is 0 Å². The van der Waals surface area contributed by atoms with Gasteiger partial charge in [0.1, 0.15) is 5.84 Å². The van der Waals surface area contributed by atoms with E-state index in [-0.39, 0.29) is 11.3 Å². The van der Waals surface area contributed by atoms with E-state index in [9.17, 15) is 0 Å². The zero-order chi connectivity index (χ0) is 12.5. The summed E-state index contributed by atoms with van der Waals surface area (Å²) in [6.07, 6.45) is 0.959. The molecule has 3 nitrogen and oxygen atoms in total. The maximum Gasteiger partial charge on any atom is 0.135 e. The fourth-order valence-corrected chi connectivity index (χ4v) is 2.84. The van der Waals surface area contributed by atoms with Crippen molar-refractivity contribution in [2.45, 2.75) is 46.5 Å². The Balaban J connectivity index is 3.16. The molecule has 1 heterocycles. The fraction of sp³-hybridized carbons (Fsp3) is 0.667. The molecule has 90 valence electrons. The maximum atomic E-state index is 7.60. The summed E-state index contributed by atoms with van der Waals surface area (Å²) in [5.74, 6) is 0.719. The van der Waals surface area contributed by atoms with Gasteiger partial charge in [-0.1, -0.05) is 34.6 Å². The molecule has 0 unspecified atom stereocenters. The molecular formula is C12H21N3S. The lowest BCUT2D eigenvalue weighted by atomic mass is 9.91. The van der Waals surface area contributed by atoms with E-state index >= 15 is 0 Å². The zero-order valence-electron chi connectivity index (χ0n) is 10.7. The van der Waals surface area contributed by atoms with E-state index in [0.717, 1.165) is 22.0 Å². The normalized spacial score (nSPS) is 12.1. The van der Waals surface area contributed by atoms with Crippen LogP contribution in [0, 0.1) is 11.3 Å². The molecule has 0 amide bonds. The lowest BCUT2D eigenvalue weighted by Crippen LogP contribution is -2.19. The Hall–Kier alpha value is -0.900. The maximum absolute atomic E-state index is 7.60. The van der Waals surface area contributed by atoms with Crippen LogP contribution in [0.5, 0.6) is 0 Å². The molecule has 0 saturated heterocycles. The number of aromatic nitrogens is 1. The first-order valence-electron chi connectivity index (χ1n) is 5.56. The molecule has 0 aliphatic rings. The number of nitrogens with two attached hydrogens (primary N) is 1. The molecule has 4 heteroatoms. The largest absolute Gasteiger partial charge is 0.383 e. The second-order valence-electron chi connectivity index (χ2n) is 5.55. The van der Waals surface area contributed by atoms with Crippen molar-refractivity contribution in [3.05, 3.63) is 15.6 Å². The van der Waals surface area contributed by atoms with Crippen LogP contribution in [-0.2, 0) is 11.8 Å². The number of hydrogen-bond donors (Lipinski definition) is 2. The quantitative estimate of drug-likeness (QED) is 0.629. The average Bonchev–Trinajstić information content (AvgIpc) is 2.45. The fourth-order valence-electron chi connectivity index (χ4n) is 1.49. The summed E-state index contributed by atoms with van der Waals surface area (Å²) in [6, 6.07) is 0. The van der Waals surface area contributed by atoms with Crippen molar-refractivity contribution in [2.24, 2.45) is 11.7 Å². The standard InChI is InChI=1S/C12H21N3S/c1-7(2)6-8-15-10(12(3,4)5)9(16-8)11(13)14/h7H,6H2,1-5H3,(H3,13,14). The molecule has 0 spiro atoms. The van der Waals surface area contributed by atoms with E-state index in [0.29, 0.717) is 5.92 Å². The number of nitrogens with one attached hydrogen (secondary N) is 1. The Kier molecular flexibility index (Phi) is 3.73. The first kappa shape index (κ1) is 13.2. The predicted molar refractivity (Wildman–Crippen MR) is 70.4 cm³/mol. The van der Waals surface area contributed by atoms with Gasteiger partial charge in [-0.05, 0) is 5.92 Å². The molecule has 0 fully saturated rings. The van der Waals surface area contributed by atoms with Crippen molar-refractivity contribution in [1.29, 1.82) is 5.41 Å². The van der Waals surface area contributed by atoms with Crippen molar-refractivity contribution in [3.63, 3.8) is 0 Å². The third-order valence-electron chi connectivity index (χ3n) is 2.21. The minimum atomic E-state index is -0.0489. The number of nitrogens with zero attached hydrogens (tertiary/aromatic N) is 1. The highest BCUT2D eigenvalue weighted by Crippen LogP contribution is 2.30. The summed E-state index contributed by atoms with van der Waals surface area (Å²) in [7, 11) is 0. The molecule has 3 N–H and O–H groups in total. The summed E-state index contributed by atoms with van der Waals surface area (Å²) in [5, 5.41) is 8.69. The van der Waals surface area contributed by atoms with Gasteiger partial charge in [0.2, 0.25) is 0 Å².